The number of ether oxygens (including phenoxy) is 1. The summed E-state index contributed by atoms with van der Waals surface area (Å²) in [6.07, 6.45) is 0.281. The van der Waals surface area contributed by atoms with Crippen LogP contribution < -0.4 is 10.2 Å². The number of aliphatic hydroxyl groups excluding tert-OH is 1. The van der Waals surface area contributed by atoms with Crippen molar-refractivity contribution in [2.24, 2.45) is 0 Å². The maximum atomic E-state index is 15.5. The van der Waals surface area contributed by atoms with Gasteiger partial charge in [-0.3, -0.25) is 4.79 Å². The maximum absolute atomic E-state index is 15.5. The first-order valence-electron chi connectivity index (χ1n) is 12.8. The SMILES string of the molecule is CC(C)(C)OC(=O)N[C@H]1CS(=O)(=O)c2cc(F)c(-c3nnc(C4(CO)CC4)o3)cc2N(Cc2ccc(Cl)cc2)C1=O. The lowest BCUT2D eigenvalue weighted by Gasteiger charge is -2.27. The molecule has 1 saturated carbocycles. The van der Waals surface area contributed by atoms with Crippen LogP contribution in [0.25, 0.3) is 11.5 Å². The molecule has 11 nitrogen and oxygen atoms in total. The van der Waals surface area contributed by atoms with Crippen molar-refractivity contribution in [3.05, 3.63) is 58.7 Å². The Hall–Kier alpha value is -3.55. The second-order valence-corrected chi connectivity index (χ2v) is 13.6. The monoisotopic (exact) mass is 606 g/mol. The third-order valence-electron chi connectivity index (χ3n) is 6.83. The number of nitrogens with zero attached hydrogens (tertiary/aromatic N) is 3. The second-order valence-electron chi connectivity index (χ2n) is 11.2. The van der Waals surface area contributed by atoms with Gasteiger partial charge in [0, 0.05) is 5.02 Å². The standard InChI is InChI=1S/C27H28ClFN4O7S/c1-26(2,3)40-25(36)30-19-13-41(37,38)21-11-18(29)17(22-31-32-24(39-22)27(14-34)8-9-27)10-20(21)33(23(19)35)12-15-4-6-16(28)7-5-15/h4-7,10-11,19,34H,8-9,12-14H2,1-3H3,(H,30,36)/t19-/m0/s1. The fourth-order valence-corrected chi connectivity index (χ4v) is 6.22. The van der Waals surface area contributed by atoms with Gasteiger partial charge in [-0.15, -0.1) is 10.2 Å². The van der Waals surface area contributed by atoms with E-state index in [1.165, 1.54) is 6.07 Å². The third kappa shape index (κ3) is 5.92. The van der Waals surface area contributed by atoms with E-state index in [2.05, 4.69) is 15.5 Å². The van der Waals surface area contributed by atoms with E-state index >= 15 is 4.39 Å². The molecule has 0 spiro atoms. The number of amides is 2. The van der Waals surface area contributed by atoms with Gasteiger partial charge in [-0.25, -0.2) is 17.6 Å². The highest BCUT2D eigenvalue weighted by Crippen LogP contribution is 2.47. The van der Waals surface area contributed by atoms with E-state index in [0.29, 0.717) is 23.4 Å². The smallest absolute Gasteiger partial charge is 0.408 e. The molecule has 0 bridgehead atoms. The van der Waals surface area contributed by atoms with Crippen LogP contribution >= 0.6 is 11.6 Å². The summed E-state index contributed by atoms with van der Waals surface area (Å²) in [5.41, 5.74) is -1.34. The van der Waals surface area contributed by atoms with Crippen LogP contribution in [0.5, 0.6) is 0 Å². The highest BCUT2D eigenvalue weighted by molar-refractivity contribution is 7.91. The Labute approximate surface area is 240 Å². The molecular formula is C27H28ClFN4O7S. The molecule has 2 aromatic carbocycles. The summed E-state index contributed by atoms with van der Waals surface area (Å²) in [7, 11) is -4.31. The Bertz CT molecular complexity index is 1620. The first-order valence-corrected chi connectivity index (χ1v) is 14.8. The van der Waals surface area contributed by atoms with Gasteiger partial charge >= 0.3 is 6.09 Å². The van der Waals surface area contributed by atoms with Gasteiger partial charge in [-0.05, 0) is 63.4 Å². The summed E-state index contributed by atoms with van der Waals surface area (Å²) in [6.45, 7) is 4.53. The molecule has 0 unspecified atom stereocenters. The number of aromatic nitrogens is 2. The van der Waals surface area contributed by atoms with Gasteiger partial charge in [0.1, 0.15) is 17.5 Å². The molecule has 2 aliphatic rings. The van der Waals surface area contributed by atoms with Crippen LogP contribution in [-0.4, -0.2) is 59.7 Å². The summed E-state index contributed by atoms with van der Waals surface area (Å²) in [4.78, 5) is 27.1. The van der Waals surface area contributed by atoms with Gasteiger partial charge in [-0.1, -0.05) is 23.7 Å². The zero-order valence-corrected chi connectivity index (χ0v) is 24.1. The minimum Gasteiger partial charge on any atom is -0.444 e. The molecular weight excluding hydrogens is 579 g/mol. The molecule has 1 atom stereocenters. The summed E-state index contributed by atoms with van der Waals surface area (Å²) in [6, 6.07) is 6.97. The topological polar surface area (TPSA) is 152 Å². The number of carbonyl (C=O) groups excluding carboxylic acids is 2. The number of hydrogen-bond donors (Lipinski definition) is 2. The van der Waals surface area contributed by atoms with E-state index in [-0.39, 0.29) is 36.2 Å². The van der Waals surface area contributed by atoms with Crippen LogP contribution in [0.4, 0.5) is 14.9 Å². The molecule has 0 saturated heterocycles. The first-order chi connectivity index (χ1) is 19.2. The molecule has 218 valence electrons. The predicted molar refractivity (Wildman–Crippen MR) is 146 cm³/mol. The van der Waals surface area contributed by atoms with Gasteiger partial charge in [0.05, 0.1) is 40.5 Å². The molecule has 5 rings (SSSR count). The zero-order valence-electron chi connectivity index (χ0n) is 22.5. The highest BCUT2D eigenvalue weighted by atomic mass is 35.5. The van der Waals surface area contributed by atoms with Crippen molar-refractivity contribution in [3.8, 4) is 11.5 Å². The number of anilines is 1. The number of rotatable bonds is 6. The predicted octanol–water partition coefficient (Wildman–Crippen LogP) is 3.77. The van der Waals surface area contributed by atoms with Crippen LogP contribution in [0, 0.1) is 5.82 Å². The number of benzene rings is 2. The Morgan fingerprint density at radius 1 is 1.24 bits per heavy atom. The van der Waals surface area contributed by atoms with Gasteiger partial charge in [0.15, 0.2) is 9.84 Å². The van der Waals surface area contributed by atoms with Crippen molar-refractivity contribution in [3.63, 3.8) is 0 Å². The van der Waals surface area contributed by atoms with E-state index in [4.69, 9.17) is 20.8 Å². The Morgan fingerprint density at radius 3 is 2.54 bits per heavy atom. The molecule has 3 aromatic rings. The minimum atomic E-state index is -4.31. The van der Waals surface area contributed by atoms with Gasteiger partial charge in [0.25, 0.3) is 11.8 Å². The number of nitrogens with one attached hydrogen (secondary N) is 1. The Morgan fingerprint density at radius 2 is 1.93 bits per heavy atom. The maximum Gasteiger partial charge on any atom is 0.408 e. The van der Waals surface area contributed by atoms with E-state index < -0.39 is 55.4 Å². The fourth-order valence-electron chi connectivity index (χ4n) is 4.48. The number of aliphatic hydroxyl groups is 1. The lowest BCUT2D eigenvalue weighted by molar-refractivity contribution is -0.120. The Balaban J connectivity index is 1.60. The number of carbonyl (C=O) groups is 2. The van der Waals surface area contributed by atoms with Gasteiger partial charge < -0.3 is 24.5 Å². The zero-order chi connectivity index (χ0) is 29.7. The number of sulfone groups is 1. The molecule has 2 amide bonds. The fraction of sp³-hybridized carbons (Fsp3) is 0.407. The van der Waals surface area contributed by atoms with E-state index in [1.807, 2.05) is 0 Å². The summed E-state index contributed by atoms with van der Waals surface area (Å²) < 4.78 is 53.4. The molecule has 1 fully saturated rings. The molecule has 14 heteroatoms. The number of alkyl carbamates (subject to hydrolysis) is 1. The number of hydrogen-bond acceptors (Lipinski definition) is 9. The van der Waals surface area contributed by atoms with E-state index in [0.717, 1.165) is 11.0 Å². The molecule has 1 aromatic heterocycles. The molecule has 41 heavy (non-hydrogen) atoms. The van der Waals surface area contributed by atoms with Crippen molar-refractivity contribution in [2.75, 3.05) is 17.3 Å². The summed E-state index contributed by atoms with van der Waals surface area (Å²) in [5, 5.41) is 20.4. The quantitative estimate of drug-likeness (QED) is 0.427. The lowest BCUT2D eigenvalue weighted by Crippen LogP contribution is -2.51. The van der Waals surface area contributed by atoms with Gasteiger partial charge in [0.2, 0.25) is 5.89 Å². The van der Waals surface area contributed by atoms with E-state index in [9.17, 15) is 23.1 Å². The van der Waals surface area contributed by atoms with Crippen molar-refractivity contribution in [1.82, 2.24) is 15.5 Å². The average molecular weight is 607 g/mol. The van der Waals surface area contributed by atoms with Crippen LogP contribution in [0.15, 0.2) is 45.7 Å². The molecule has 1 aliphatic carbocycles. The molecule has 0 radical (unpaired) electrons. The number of fused-ring (bicyclic) bond motifs is 1. The molecule has 2 N–H and O–H groups in total. The molecule has 2 heterocycles. The number of halogens is 2. The Kier molecular flexibility index (Phi) is 7.33. The van der Waals surface area contributed by atoms with Crippen LogP contribution in [0.2, 0.25) is 5.02 Å². The van der Waals surface area contributed by atoms with Crippen LogP contribution in [0.3, 0.4) is 0 Å². The lowest BCUT2D eigenvalue weighted by atomic mass is 10.1. The minimum absolute atomic E-state index is 0.126. The van der Waals surface area contributed by atoms with Gasteiger partial charge in [-0.2, -0.15) is 0 Å². The third-order valence-corrected chi connectivity index (χ3v) is 8.86. The van der Waals surface area contributed by atoms with E-state index in [1.54, 1.807) is 45.0 Å². The first kappa shape index (κ1) is 29.0. The summed E-state index contributed by atoms with van der Waals surface area (Å²) in [5.74, 6) is -2.63. The molecule has 1 aliphatic heterocycles. The highest BCUT2D eigenvalue weighted by Gasteiger charge is 2.49. The van der Waals surface area contributed by atoms with Crippen molar-refractivity contribution < 1.29 is 36.7 Å². The van der Waals surface area contributed by atoms with Crippen LogP contribution in [-0.2, 0) is 31.3 Å². The second kappa shape index (κ2) is 10.4. The van der Waals surface area contributed by atoms with Crippen molar-refractivity contribution in [2.45, 2.75) is 62.1 Å². The summed E-state index contributed by atoms with van der Waals surface area (Å²) >= 11 is 6.01. The van der Waals surface area contributed by atoms with Crippen LogP contribution in [0.1, 0.15) is 45.1 Å². The van der Waals surface area contributed by atoms with Crippen molar-refractivity contribution in [1.29, 1.82) is 0 Å². The average Bonchev–Trinajstić information content (AvgIpc) is 3.55. The largest absolute Gasteiger partial charge is 0.444 e. The normalized spacial score (nSPS) is 19.3. The van der Waals surface area contributed by atoms with Crippen molar-refractivity contribution >= 4 is 39.1 Å².